The van der Waals surface area contributed by atoms with Gasteiger partial charge in [-0.05, 0) is 43.8 Å². The molecule has 2 N–H and O–H groups in total. The minimum Gasteiger partial charge on any atom is -0.369 e. The van der Waals surface area contributed by atoms with E-state index in [-0.39, 0.29) is 0 Å². The number of aromatic nitrogens is 3. The molecular weight excluding hydrogens is 362 g/mol. The molecule has 0 aliphatic carbocycles. The highest BCUT2D eigenvalue weighted by molar-refractivity contribution is 5.59. The summed E-state index contributed by atoms with van der Waals surface area (Å²) in [6, 6.07) is 16.8. The monoisotopic (exact) mass is 389 g/mol. The van der Waals surface area contributed by atoms with Crippen molar-refractivity contribution >= 4 is 23.1 Å². The van der Waals surface area contributed by atoms with Crippen molar-refractivity contribution in [1.29, 1.82) is 0 Å². The van der Waals surface area contributed by atoms with Gasteiger partial charge in [0, 0.05) is 44.1 Å². The molecule has 29 heavy (non-hydrogen) atoms. The molecule has 1 fully saturated rings. The Morgan fingerprint density at radius 1 is 1.00 bits per heavy atom. The fraction of sp³-hybridized carbons (Fsp3) is 0.318. The lowest BCUT2D eigenvalue weighted by Gasteiger charge is -2.34. The summed E-state index contributed by atoms with van der Waals surface area (Å²) in [5.41, 5.74) is 4.64. The van der Waals surface area contributed by atoms with E-state index in [4.69, 9.17) is 0 Å². The van der Waals surface area contributed by atoms with Gasteiger partial charge in [-0.25, -0.2) is 0 Å². The van der Waals surface area contributed by atoms with Gasteiger partial charge < -0.3 is 20.4 Å². The largest absolute Gasteiger partial charge is 0.369 e. The average molecular weight is 390 g/mol. The Morgan fingerprint density at radius 3 is 2.55 bits per heavy atom. The van der Waals surface area contributed by atoms with Crippen LogP contribution in [0.15, 0.2) is 54.7 Å². The number of nitrogens with one attached hydrogen (secondary N) is 2. The number of hydrogen-bond donors (Lipinski definition) is 2. The van der Waals surface area contributed by atoms with Crippen LogP contribution in [-0.2, 0) is 6.54 Å². The van der Waals surface area contributed by atoms with Gasteiger partial charge in [0.15, 0.2) is 5.82 Å². The first-order valence-corrected chi connectivity index (χ1v) is 9.95. The number of benzene rings is 2. The quantitative estimate of drug-likeness (QED) is 0.670. The molecule has 0 unspecified atom stereocenters. The normalized spacial score (nSPS) is 14.6. The third-order valence-electron chi connectivity index (χ3n) is 5.11. The van der Waals surface area contributed by atoms with Crippen LogP contribution >= 0.6 is 0 Å². The lowest BCUT2D eigenvalue weighted by molar-refractivity contribution is 0.313. The number of nitrogens with zero attached hydrogens (tertiary/aromatic N) is 5. The van der Waals surface area contributed by atoms with Crippen molar-refractivity contribution in [3.63, 3.8) is 0 Å². The third-order valence-corrected chi connectivity index (χ3v) is 5.11. The number of hydrogen-bond acceptors (Lipinski definition) is 7. The Hall–Kier alpha value is -3.19. The number of piperazine rings is 1. The third kappa shape index (κ3) is 5.20. The predicted molar refractivity (Wildman–Crippen MR) is 118 cm³/mol. The molecule has 0 radical (unpaired) electrons. The summed E-state index contributed by atoms with van der Waals surface area (Å²) in [6.07, 6.45) is 1.64. The van der Waals surface area contributed by atoms with E-state index in [9.17, 15) is 0 Å². The minimum atomic E-state index is 0.478. The average Bonchev–Trinajstić information content (AvgIpc) is 2.74. The van der Waals surface area contributed by atoms with Crippen LogP contribution in [0, 0.1) is 6.92 Å². The van der Waals surface area contributed by atoms with Gasteiger partial charge in [0.25, 0.3) is 0 Å². The first kappa shape index (κ1) is 19.1. The summed E-state index contributed by atoms with van der Waals surface area (Å²) in [6.45, 7) is 7.10. The van der Waals surface area contributed by atoms with Crippen LogP contribution in [0.1, 0.15) is 11.1 Å². The van der Waals surface area contributed by atoms with Gasteiger partial charge in [-0.2, -0.15) is 10.1 Å². The van der Waals surface area contributed by atoms with Crippen LogP contribution in [0.4, 0.5) is 23.1 Å². The summed E-state index contributed by atoms with van der Waals surface area (Å²) < 4.78 is 0. The maximum atomic E-state index is 4.51. The van der Waals surface area contributed by atoms with E-state index in [2.05, 4.69) is 98.1 Å². The maximum absolute atomic E-state index is 4.51. The molecule has 7 nitrogen and oxygen atoms in total. The Morgan fingerprint density at radius 2 is 1.79 bits per heavy atom. The molecule has 0 saturated carbocycles. The second-order valence-electron chi connectivity index (χ2n) is 7.47. The Labute approximate surface area is 171 Å². The Balaban J connectivity index is 1.36. The first-order valence-electron chi connectivity index (χ1n) is 9.95. The van der Waals surface area contributed by atoms with Crippen LogP contribution in [0.2, 0.25) is 0 Å². The molecule has 7 heteroatoms. The van der Waals surface area contributed by atoms with Crippen LogP contribution in [0.25, 0.3) is 0 Å². The van der Waals surface area contributed by atoms with Crippen LogP contribution in [0.3, 0.4) is 0 Å². The van der Waals surface area contributed by atoms with Crippen molar-refractivity contribution in [2.45, 2.75) is 13.5 Å². The molecular formula is C22H27N7. The van der Waals surface area contributed by atoms with Crippen molar-refractivity contribution in [1.82, 2.24) is 20.1 Å². The van der Waals surface area contributed by atoms with Gasteiger partial charge in [-0.3, -0.25) is 0 Å². The highest BCUT2D eigenvalue weighted by Crippen LogP contribution is 2.21. The van der Waals surface area contributed by atoms with Gasteiger partial charge in [0.05, 0.1) is 6.20 Å². The molecule has 3 aromatic rings. The van der Waals surface area contributed by atoms with Crippen molar-refractivity contribution in [3.8, 4) is 0 Å². The van der Waals surface area contributed by atoms with Crippen molar-refractivity contribution in [3.05, 3.63) is 65.9 Å². The second-order valence-corrected chi connectivity index (χ2v) is 7.47. The fourth-order valence-corrected chi connectivity index (χ4v) is 3.41. The van der Waals surface area contributed by atoms with Crippen molar-refractivity contribution < 1.29 is 0 Å². The molecule has 4 rings (SSSR count). The fourth-order valence-electron chi connectivity index (χ4n) is 3.41. The first-order chi connectivity index (χ1) is 14.2. The number of aryl methyl sites for hydroxylation is 1. The Bertz CT molecular complexity index is 934. The van der Waals surface area contributed by atoms with Gasteiger partial charge in [0.1, 0.15) is 0 Å². The van der Waals surface area contributed by atoms with Crippen molar-refractivity contribution in [2.24, 2.45) is 0 Å². The number of anilines is 4. The topological polar surface area (TPSA) is 69.2 Å². The molecule has 1 saturated heterocycles. The zero-order valence-corrected chi connectivity index (χ0v) is 17.0. The second kappa shape index (κ2) is 8.87. The summed E-state index contributed by atoms with van der Waals surface area (Å²) in [5.74, 6) is 1.17. The predicted octanol–water partition coefficient (Wildman–Crippen LogP) is 3.29. The van der Waals surface area contributed by atoms with Crippen LogP contribution in [-0.4, -0.2) is 53.3 Å². The number of rotatable bonds is 6. The summed E-state index contributed by atoms with van der Waals surface area (Å²) in [5, 5.41) is 14.7. The molecule has 150 valence electrons. The highest BCUT2D eigenvalue weighted by Gasteiger charge is 2.14. The standard InChI is InChI=1S/C22H27N7/c1-17-4-3-5-18(14-17)15-23-21-16-24-27-22(26-21)25-19-6-8-20(9-7-19)29-12-10-28(2)11-13-29/h3-9,14,16H,10-13,15H2,1-2H3,(H2,23,25,26,27). The SMILES string of the molecule is Cc1cccc(CNc2cnnc(Nc3ccc(N4CCN(C)CC4)cc3)n2)c1. The summed E-state index contributed by atoms with van der Waals surface area (Å²) in [4.78, 5) is 9.29. The zero-order valence-electron chi connectivity index (χ0n) is 17.0. The van der Waals surface area contributed by atoms with E-state index >= 15 is 0 Å². The van der Waals surface area contributed by atoms with Gasteiger partial charge >= 0.3 is 0 Å². The van der Waals surface area contributed by atoms with E-state index in [1.165, 1.54) is 16.8 Å². The molecule has 0 atom stereocenters. The number of likely N-dealkylation sites (N-methyl/N-ethyl adjacent to an activating group) is 1. The molecule has 0 spiro atoms. The van der Waals surface area contributed by atoms with E-state index in [1.54, 1.807) is 6.20 Å². The van der Waals surface area contributed by atoms with E-state index < -0.39 is 0 Å². The molecule has 2 aromatic carbocycles. The van der Waals surface area contributed by atoms with E-state index in [0.29, 0.717) is 18.3 Å². The molecule has 1 aliphatic rings. The molecule has 0 bridgehead atoms. The maximum Gasteiger partial charge on any atom is 0.249 e. The van der Waals surface area contributed by atoms with Gasteiger partial charge in [-0.15, -0.1) is 5.10 Å². The molecule has 0 amide bonds. The lowest BCUT2D eigenvalue weighted by atomic mass is 10.1. The summed E-state index contributed by atoms with van der Waals surface area (Å²) >= 11 is 0. The van der Waals surface area contributed by atoms with Crippen molar-refractivity contribution in [2.75, 3.05) is 48.8 Å². The molecule has 1 aromatic heterocycles. The van der Waals surface area contributed by atoms with Gasteiger partial charge in [0.2, 0.25) is 5.95 Å². The highest BCUT2D eigenvalue weighted by atomic mass is 15.3. The zero-order chi connectivity index (χ0) is 20.1. The van der Waals surface area contributed by atoms with Crippen LogP contribution < -0.4 is 15.5 Å². The lowest BCUT2D eigenvalue weighted by Crippen LogP contribution is -2.44. The van der Waals surface area contributed by atoms with Crippen LogP contribution in [0.5, 0.6) is 0 Å². The Kier molecular flexibility index (Phi) is 5.86. The molecule has 2 heterocycles. The summed E-state index contributed by atoms with van der Waals surface area (Å²) in [7, 11) is 2.17. The van der Waals surface area contributed by atoms with Gasteiger partial charge in [-0.1, -0.05) is 29.8 Å². The smallest absolute Gasteiger partial charge is 0.249 e. The van der Waals surface area contributed by atoms with E-state index in [0.717, 1.165) is 31.9 Å². The van der Waals surface area contributed by atoms with E-state index in [1.807, 2.05) is 0 Å². The molecule has 1 aliphatic heterocycles. The minimum absolute atomic E-state index is 0.478.